The zero-order valence-electron chi connectivity index (χ0n) is 9.72. The van der Waals surface area contributed by atoms with Gasteiger partial charge in [0.05, 0.1) is 6.61 Å². The average Bonchev–Trinajstić information content (AvgIpc) is 2.65. The van der Waals surface area contributed by atoms with E-state index in [0.717, 1.165) is 13.1 Å². The summed E-state index contributed by atoms with van der Waals surface area (Å²) in [5.74, 6) is 1.21. The van der Waals surface area contributed by atoms with Gasteiger partial charge in [-0.05, 0) is 14.0 Å². The van der Waals surface area contributed by atoms with Crippen molar-refractivity contribution in [1.29, 1.82) is 0 Å². The molecule has 6 nitrogen and oxygen atoms in total. The molecule has 2 atom stereocenters. The Bertz CT molecular complexity index is 339. The average molecular weight is 226 g/mol. The van der Waals surface area contributed by atoms with E-state index in [4.69, 9.17) is 15.0 Å². The maximum absolute atomic E-state index is 5.67. The molecule has 0 aromatic carbocycles. The molecule has 2 rings (SSSR count). The number of rotatable bonds is 3. The smallest absolute Gasteiger partial charge is 0.228 e. The van der Waals surface area contributed by atoms with Crippen molar-refractivity contribution in [3.63, 3.8) is 0 Å². The van der Waals surface area contributed by atoms with Gasteiger partial charge in [0.15, 0.2) is 0 Å². The quantitative estimate of drug-likeness (QED) is 0.779. The normalized spacial score (nSPS) is 24.6. The molecule has 1 aromatic heterocycles. The molecule has 2 heterocycles. The monoisotopic (exact) mass is 226 g/mol. The van der Waals surface area contributed by atoms with E-state index in [2.05, 4.69) is 22.1 Å². The molecule has 1 aliphatic heterocycles. The van der Waals surface area contributed by atoms with E-state index in [1.54, 1.807) is 0 Å². The Morgan fingerprint density at radius 2 is 2.44 bits per heavy atom. The topological polar surface area (TPSA) is 77.4 Å². The second kappa shape index (κ2) is 4.90. The van der Waals surface area contributed by atoms with Crippen LogP contribution in [0.3, 0.4) is 0 Å². The summed E-state index contributed by atoms with van der Waals surface area (Å²) >= 11 is 0. The molecule has 16 heavy (non-hydrogen) atoms. The molecule has 1 fully saturated rings. The molecule has 1 aliphatic rings. The first kappa shape index (κ1) is 11.5. The van der Waals surface area contributed by atoms with Crippen LogP contribution in [-0.2, 0) is 11.2 Å². The van der Waals surface area contributed by atoms with Gasteiger partial charge in [-0.2, -0.15) is 4.98 Å². The van der Waals surface area contributed by atoms with Crippen LogP contribution in [0.15, 0.2) is 4.52 Å². The van der Waals surface area contributed by atoms with Gasteiger partial charge in [-0.1, -0.05) is 5.16 Å². The maximum Gasteiger partial charge on any atom is 0.228 e. The van der Waals surface area contributed by atoms with Gasteiger partial charge in [-0.25, -0.2) is 0 Å². The molecule has 6 heteroatoms. The van der Waals surface area contributed by atoms with Crippen molar-refractivity contribution in [2.45, 2.75) is 25.5 Å². The van der Waals surface area contributed by atoms with Gasteiger partial charge < -0.3 is 19.9 Å². The zero-order chi connectivity index (χ0) is 11.5. The number of hydrogen-bond acceptors (Lipinski definition) is 6. The Morgan fingerprint density at radius 1 is 1.62 bits per heavy atom. The predicted octanol–water partition coefficient (Wildman–Crippen LogP) is -0.0376. The minimum Gasteiger partial charge on any atom is -0.367 e. The highest BCUT2D eigenvalue weighted by Gasteiger charge is 2.24. The van der Waals surface area contributed by atoms with Crippen LogP contribution in [0.1, 0.15) is 24.7 Å². The Kier molecular flexibility index (Phi) is 3.52. The molecule has 0 spiro atoms. The highest BCUT2D eigenvalue weighted by atomic mass is 16.5. The van der Waals surface area contributed by atoms with E-state index in [1.807, 2.05) is 6.92 Å². The largest absolute Gasteiger partial charge is 0.367 e. The number of nitrogens with two attached hydrogens (primary N) is 1. The van der Waals surface area contributed by atoms with Crippen LogP contribution in [-0.4, -0.2) is 47.8 Å². The molecular formula is C10H18N4O2. The summed E-state index contributed by atoms with van der Waals surface area (Å²) < 4.78 is 10.7. The van der Waals surface area contributed by atoms with E-state index in [9.17, 15) is 0 Å². The molecule has 1 aromatic rings. The molecule has 2 N–H and O–H groups in total. The van der Waals surface area contributed by atoms with Crippen molar-refractivity contribution in [3.8, 4) is 0 Å². The second-order valence-corrected chi connectivity index (χ2v) is 4.35. The van der Waals surface area contributed by atoms with Crippen molar-refractivity contribution in [3.05, 3.63) is 11.7 Å². The SMILES string of the molecule is CC(N)Cc1nc(C2CN(C)CCO2)no1. The van der Waals surface area contributed by atoms with Gasteiger partial charge in [0.2, 0.25) is 11.7 Å². The summed E-state index contributed by atoms with van der Waals surface area (Å²) in [7, 11) is 2.05. The molecule has 2 unspecified atom stereocenters. The molecule has 1 saturated heterocycles. The molecule has 0 amide bonds. The number of aromatic nitrogens is 2. The van der Waals surface area contributed by atoms with Crippen molar-refractivity contribution >= 4 is 0 Å². The van der Waals surface area contributed by atoms with E-state index in [1.165, 1.54) is 0 Å². The Hall–Kier alpha value is -0.980. The molecule has 90 valence electrons. The summed E-state index contributed by atoms with van der Waals surface area (Å²) in [4.78, 5) is 6.49. The lowest BCUT2D eigenvalue weighted by molar-refractivity contribution is -0.0264. The van der Waals surface area contributed by atoms with E-state index < -0.39 is 0 Å². The first-order valence-corrected chi connectivity index (χ1v) is 5.53. The Balaban J connectivity index is 2.00. The fourth-order valence-electron chi connectivity index (χ4n) is 1.69. The fraction of sp³-hybridized carbons (Fsp3) is 0.800. The third-order valence-corrected chi connectivity index (χ3v) is 2.54. The molecular weight excluding hydrogens is 208 g/mol. The van der Waals surface area contributed by atoms with Gasteiger partial charge in [0, 0.05) is 25.6 Å². The minimum absolute atomic E-state index is 0.0308. The van der Waals surface area contributed by atoms with E-state index in [-0.39, 0.29) is 12.1 Å². The van der Waals surface area contributed by atoms with Crippen LogP contribution in [0.4, 0.5) is 0 Å². The maximum atomic E-state index is 5.67. The predicted molar refractivity (Wildman–Crippen MR) is 57.8 cm³/mol. The molecule has 0 saturated carbocycles. The van der Waals surface area contributed by atoms with Crippen LogP contribution in [0.25, 0.3) is 0 Å². The number of hydrogen-bond donors (Lipinski definition) is 1. The first-order valence-electron chi connectivity index (χ1n) is 5.53. The summed E-state index contributed by atoms with van der Waals surface area (Å²) in [6.07, 6.45) is 0.527. The number of morpholine rings is 1. The Morgan fingerprint density at radius 3 is 3.12 bits per heavy atom. The lowest BCUT2D eigenvalue weighted by Gasteiger charge is -2.27. The summed E-state index contributed by atoms with van der Waals surface area (Å²) in [5.41, 5.74) is 5.67. The van der Waals surface area contributed by atoms with Crippen molar-refractivity contribution in [2.75, 3.05) is 26.7 Å². The van der Waals surface area contributed by atoms with Crippen LogP contribution in [0.5, 0.6) is 0 Å². The van der Waals surface area contributed by atoms with Gasteiger partial charge in [0.1, 0.15) is 6.10 Å². The minimum atomic E-state index is -0.0793. The number of likely N-dealkylation sites (N-methyl/N-ethyl adjacent to an activating group) is 1. The number of nitrogens with zero attached hydrogens (tertiary/aromatic N) is 3. The first-order chi connectivity index (χ1) is 7.65. The highest BCUT2D eigenvalue weighted by Crippen LogP contribution is 2.18. The van der Waals surface area contributed by atoms with Crippen LogP contribution in [0, 0.1) is 0 Å². The lowest BCUT2D eigenvalue weighted by Crippen LogP contribution is -2.35. The van der Waals surface area contributed by atoms with Crippen molar-refractivity contribution < 1.29 is 9.26 Å². The highest BCUT2D eigenvalue weighted by molar-refractivity contribution is 4.94. The fourth-order valence-corrected chi connectivity index (χ4v) is 1.69. The summed E-state index contributed by atoms with van der Waals surface area (Å²) in [6, 6.07) is 0.0308. The number of ether oxygens (including phenoxy) is 1. The van der Waals surface area contributed by atoms with Gasteiger partial charge in [0.25, 0.3) is 0 Å². The summed E-state index contributed by atoms with van der Waals surface area (Å²) in [5, 5.41) is 3.93. The molecule has 0 bridgehead atoms. The lowest BCUT2D eigenvalue weighted by atomic mass is 10.2. The molecule has 0 aliphatic carbocycles. The zero-order valence-corrected chi connectivity index (χ0v) is 9.72. The summed E-state index contributed by atoms with van der Waals surface area (Å²) in [6.45, 7) is 4.37. The molecule has 0 radical (unpaired) electrons. The van der Waals surface area contributed by atoms with Crippen LogP contribution in [0.2, 0.25) is 0 Å². The van der Waals surface area contributed by atoms with Crippen molar-refractivity contribution in [2.24, 2.45) is 5.73 Å². The third kappa shape index (κ3) is 2.78. The van der Waals surface area contributed by atoms with Crippen LogP contribution >= 0.6 is 0 Å². The van der Waals surface area contributed by atoms with E-state index in [0.29, 0.717) is 24.7 Å². The van der Waals surface area contributed by atoms with Gasteiger partial charge in [-0.3, -0.25) is 0 Å². The second-order valence-electron chi connectivity index (χ2n) is 4.35. The van der Waals surface area contributed by atoms with Crippen molar-refractivity contribution in [1.82, 2.24) is 15.0 Å². The Labute approximate surface area is 94.7 Å². The van der Waals surface area contributed by atoms with E-state index >= 15 is 0 Å². The van der Waals surface area contributed by atoms with Crippen LogP contribution < -0.4 is 5.73 Å². The third-order valence-electron chi connectivity index (χ3n) is 2.54. The standard InChI is InChI=1S/C10H18N4O2/c1-7(11)5-9-12-10(13-16-9)8-6-14(2)3-4-15-8/h7-8H,3-6,11H2,1-2H3. The van der Waals surface area contributed by atoms with Gasteiger partial charge in [-0.15, -0.1) is 0 Å². The van der Waals surface area contributed by atoms with Gasteiger partial charge >= 0.3 is 0 Å².